The Morgan fingerprint density at radius 1 is 1.32 bits per heavy atom. The van der Waals surface area contributed by atoms with Crippen molar-refractivity contribution in [1.82, 2.24) is 14.9 Å². The van der Waals surface area contributed by atoms with Crippen molar-refractivity contribution >= 4 is 16.8 Å². The summed E-state index contributed by atoms with van der Waals surface area (Å²) in [6.07, 6.45) is 4.56. The van der Waals surface area contributed by atoms with Gasteiger partial charge in [0.15, 0.2) is 0 Å². The molecule has 1 N–H and O–H groups in total. The van der Waals surface area contributed by atoms with Crippen LogP contribution in [0.2, 0.25) is 0 Å². The highest BCUT2D eigenvalue weighted by Crippen LogP contribution is 2.27. The van der Waals surface area contributed by atoms with Gasteiger partial charge in [0, 0.05) is 30.5 Å². The first-order valence-electron chi connectivity index (χ1n) is 8.44. The predicted molar refractivity (Wildman–Crippen MR) is 96.7 cm³/mol. The molecule has 130 valence electrons. The highest BCUT2D eigenvalue weighted by Gasteiger charge is 2.22. The number of halogens is 1. The van der Waals surface area contributed by atoms with E-state index in [-0.39, 0.29) is 24.2 Å². The molecule has 1 amide bonds. The molecule has 4 nitrogen and oxygen atoms in total. The quantitative estimate of drug-likeness (QED) is 0.759. The van der Waals surface area contributed by atoms with E-state index in [0.717, 1.165) is 28.6 Å². The minimum absolute atomic E-state index is 0.00367. The predicted octanol–water partition coefficient (Wildman–Crippen LogP) is 4.16. The third-order valence-corrected chi connectivity index (χ3v) is 4.75. The number of para-hydroxylation sites is 1. The monoisotopic (exact) mass is 339 g/mol. The van der Waals surface area contributed by atoms with Gasteiger partial charge in [-0.3, -0.25) is 9.78 Å². The molecule has 0 radical (unpaired) electrons. The fourth-order valence-electron chi connectivity index (χ4n) is 3.35. The van der Waals surface area contributed by atoms with Crippen molar-refractivity contribution in [1.29, 1.82) is 0 Å². The summed E-state index contributed by atoms with van der Waals surface area (Å²) in [5, 5.41) is 0.772. The molecule has 0 saturated carbocycles. The topological polar surface area (TPSA) is 49.0 Å². The molecule has 1 atom stereocenters. The van der Waals surface area contributed by atoms with Gasteiger partial charge >= 0.3 is 0 Å². The number of aryl methyl sites for hydroxylation is 1. The molecule has 3 aromatic rings. The number of H-pyrrole nitrogens is 1. The van der Waals surface area contributed by atoms with E-state index in [1.165, 1.54) is 6.07 Å². The van der Waals surface area contributed by atoms with Gasteiger partial charge in [0.25, 0.3) is 0 Å². The second-order valence-electron chi connectivity index (χ2n) is 6.28. The van der Waals surface area contributed by atoms with E-state index in [2.05, 4.69) is 9.97 Å². The molecule has 0 saturated heterocycles. The Kier molecular flexibility index (Phi) is 4.83. The molecule has 25 heavy (non-hydrogen) atoms. The van der Waals surface area contributed by atoms with E-state index in [0.29, 0.717) is 5.52 Å². The number of amides is 1. The maximum Gasteiger partial charge on any atom is 0.227 e. The van der Waals surface area contributed by atoms with Gasteiger partial charge in [-0.15, -0.1) is 0 Å². The Morgan fingerprint density at radius 3 is 2.80 bits per heavy atom. The number of aromatic amines is 1. The van der Waals surface area contributed by atoms with E-state index in [1.54, 1.807) is 23.4 Å². The lowest BCUT2D eigenvalue weighted by atomic mass is 10.0. The maximum absolute atomic E-state index is 13.9. The van der Waals surface area contributed by atoms with Crippen molar-refractivity contribution in [3.63, 3.8) is 0 Å². The number of nitrogens with one attached hydrogen (secondary N) is 1. The zero-order chi connectivity index (χ0) is 18.0. The van der Waals surface area contributed by atoms with E-state index in [1.807, 2.05) is 39.1 Å². The summed E-state index contributed by atoms with van der Waals surface area (Å²) in [5.74, 6) is -0.293. The summed E-state index contributed by atoms with van der Waals surface area (Å²) in [6, 6.07) is 8.78. The first-order valence-corrected chi connectivity index (χ1v) is 8.44. The highest BCUT2D eigenvalue weighted by atomic mass is 19.1. The molecule has 0 aliphatic carbocycles. The molecule has 2 heterocycles. The number of aromatic nitrogens is 2. The van der Waals surface area contributed by atoms with E-state index in [4.69, 9.17) is 0 Å². The summed E-state index contributed by atoms with van der Waals surface area (Å²) in [6.45, 7) is 3.92. The molecule has 0 aliphatic rings. The number of rotatable bonds is 5. The average Bonchev–Trinajstić information content (AvgIpc) is 2.94. The zero-order valence-corrected chi connectivity index (χ0v) is 14.7. The number of hydrogen-bond acceptors (Lipinski definition) is 2. The number of carbonyl (C=O) groups is 1. The molecule has 0 aliphatic heterocycles. The third kappa shape index (κ3) is 3.27. The Morgan fingerprint density at radius 2 is 2.12 bits per heavy atom. The van der Waals surface area contributed by atoms with Gasteiger partial charge in [-0.1, -0.05) is 25.1 Å². The molecular formula is C20H22FN3O. The van der Waals surface area contributed by atoms with Gasteiger partial charge in [-0.05, 0) is 36.6 Å². The Hall–Kier alpha value is -2.69. The Bertz CT molecular complexity index is 889. The van der Waals surface area contributed by atoms with Crippen LogP contribution in [-0.2, 0) is 11.2 Å². The number of benzene rings is 1. The van der Waals surface area contributed by atoms with Crippen LogP contribution in [0.5, 0.6) is 0 Å². The molecule has 0 fully saturated rings. The van der Waals surface area contributed by atoms with Crippen LogP contribution in [0.3, 0.4) is 0 Å². The molecule has 1 aromatic carbocycles. The van der Waals surface area contributed by atoms with E-state index < -0.39 is 0 Å². The first kappa shape index (κ1) is 17.1. The van der Waals surface area contributed by atoms with Crippen molar-refractivity contribution in [3.05, 3.63) is 65.4 Å². The summed E-state index contributed by atoms with van der Waals surface area (Å²) in [5.41, 5.74) is 3.16. The SMILES string of the molecule is CCC(c1cccnc1)N(C)C(=O)Cc1c(C)[nH]c2c(F)cccc12. The largest absolute Gasteiger partial charge is 0.356 e. The van der Waals surface area contributed by atoms with Crippen molar-refractivity contribution in [2.24, 2.45) is 0 Å². The Balaban J connectivity index is 1.87. The van der Waals surface area contributed by atoms with Crippen LogP contribution in [0, 0.1) is 12.7 Å². The molecular weight excluding hydrogens is 317 g/mol. The number of carbonyl (C=O) groups excluding carboxylic acids is 1. The lowest BCUT2D eigenvalue weighted by molar-refractivity contribution is -0.131. The number of hydrogen-bond donors (Lipinski definition) is 1. The maximum atomic E-state index is 13.9. The lowest BCUT2D eigenvalue weighted by Gasteiger charge is -2.27. The number of pyridine rings is 1. The fraction of sp³-hybridized carbons (Fsp3) is 0.300. The first-order chi connectivity index (χ1) is 12.0. The average molecular weight is 339 g/mol. The summed E-state index contributed by atoms with van der Waals surface area (Å²) in [4.78, 5) is 21.8. The lowest BCUT2D eigenvalue weighted by Crippen LogP contribution is -2.32. The van der Waals surface area contributed by atoms with Crippen LogP contribution in [0.15, 0.2) is 42.7 Å². The number of nitrogens with zero attached hydrogens (tertiary/aromatic N) is 2. The Labute approximate surface area is 146 Å². The standard InChI is InChI=1S/C20H22FN3O/c1-4-18(14-7-6-10-22-12-14)24(3)19(25)11-16-13(2)23-20-15(16)8-5-9-17(20)21/h5-10,12,18,23H,4,11H2,1-3H3. The minimum atomic E-state index is -0.297. The summed E-state index contributed by atoms with van der Waals surface area (Å²) in [7, 11) is 1.81. The van der Waals surface area contributed by atoms with Crippen molar-refractivity contribution in [2.45, 2.75) is 32.7 Å². The van der Waals surface area contributed by atoms with Crippen molar-refractivity contribution in [3.8, 4) is 0 Å². The van der Waals surface area contributed by atoms with Gasteiger partial charge < -0.3 is 9.88 Å². The molecule has 2 aromatic heterocycles. The zero-order valence-electron chi connectivity index (χ0n) is 14.7. The smallest absolute Gasteiger partial charge is 0.227 e. The highest BCUT2D eigenvalue weighted by molar-refractivity contribution is 5.90. The fourth-order valence-corrected chi connectivity index (χ4v) is 3.35. The van der Waals surface area contributed by atoms with Crippen molar-refractivity contribution < 1.29 is 9.18 Å². The van der Waals surface area contributed by atoms with Gasteiger partial charge in [-0.25, -0.2) is 4.39 Å². The second kappa shape index (κ2) is 7.05. The third-order valence-electron chi connectivity index (χ3n) is 4.75. The van der Waals surface area contributed by atoms with E-state index in [9.17, 15) is 9.18 Å². The summed E-state index contributed by atoms with van der Waals surface area (Å²) >= 11 is 0. The number of likely N-dealkylation sites (N-methyl/N-ethyl adjacent to an activating group) is 1. The van der Waals surface area contributed by atoms with E-state index >= 15 is 0 Å². The van der Waals surface area contributed by atoms with Gasteiger partial charge in [-0.2, -0.15) is 0 Å². The molecule has 3 rings (SSSR count). The second-order valence-corrected chi connectivity index (χ2v) is 6.28. The van der Waals surface area contributed by atoms with Gasteiger partial charge in [0.1, 0.15) is 5.82 Å². The van der Waals surface area contributed by atoms with Crippen LogP contribution in [0.25, 0.3) is 10.9 Å². The normalized spacial score (nSPS) is 12.3. The van der Waals surface area contributed by atoms with Crippen LogP contribution < -0.4 is 0 Å². The van der Waals surface area contributed by atoms with Crippen LogP contribution >= 0.6 is 0 Å². The van der Waals surface area contributed by atoms with Crippen molar-refractivity contribution in [2.75, 3.05) is 7.05 Å². The molecule has 5 heteroatoms. The minimum Gasteiger partial charge on any atom is -0.356 e. The summed E-state index contributed by atoms with van der Waals surface area (Å²) < 4.78 is 13.9. The van der Waals surface area contributed by atoms with Crippen LogP contribution in [-0.4, -0.2) is 27.8 Å². The molecule has 0 bridgehead atoms. The van der Waals surface area contributed by atoms with Gasteiger partial charge in [0.2, 0.25) is 5.91 Å². The van der Waals surface area contributed by atoms with Crippen LogP contribution in [0.4, 0.5) is 4.39 Å². The molecule has 1 unspecified atom stereocenters. The molecule has 0 spiro atoms. The van der Waals surface area contributed by atoms with Gasteiger partial charge in [0.05, 0.1) is 18.0 Å². The number of fused-ring (bicyclic) bond motifs is 1. The van der Waals surface area contributed by atoms with Crippen LogP contribution in [0.1, 0.15) is 36.2 Å².